The van der Waals surface area contributed by atoms with Gasteiger partial charge in [-0.3, -0.25) is 5.21 Å². The Morgan fingerprint density at radius 1 is 1.60 bits per heavy atom. The normalized spacial score (nSPS) is 18.8. The van der Waals surface area contributed by atoms with Crippen LogP contribution < -0.4 is 0 Å². The van der Waals surface area contributed by atoms with Crippen molar-refractivity contribution in [3.63, 3.8) is 0 Å². The second-order valence-electron chi connectivity index (χ2n) is 3.46. The third-order valence-electron chi connectivity index (χ3n) is 1.36. The van der Waals surface area contributed by atoms with Gasteiger partial charge in [-0.25, -0.2) is 5.06 Å². The van der Waals surface area contributed by atoms with E-state index in [-0.39, 0.29) is 12.1 Å². The quantitative estimate of drug-likeness (QED) is 0.558. The summed E-state index contributed by atoms with van der Waals surface area (Å²) in [6.45, 7) is 6.38. The van der Waals surface area contributed by atoms with Crippen LogP contribution in [0.3, 0.4) is 0 Å². The number of hydrogen-bond donors (Lipinski definition) is 1. The predicted octanol–water partition coefficient (Wildman–Crippen LogP) is 1.55. The maximum absolute atomic E-state index is 8.89. The summed E-state index contributed by atoms with van der Waals surface area (Å²) >= 11 is 0. The lowest BCUT2D eigenvalue weighted by Crippen LogP contribution is -2.09. The predicted molar refractivity (Wildman–Crippen MR) is 37.1 cm³/mol. The van der Waals surface area contributed by atoms with E-state index in [1.165, 1.54) is 0 Å². The summed E-state index contributed by atoms with van der Waals surface area (Å²) in [5, 5.41) is 9.94. The summed E-state index contributed by atoms with van der Waals surface area (Å²) < 4.78 is 5.17. The topological polar surface area (TPSA) is 32.7 Å². The lowest BCUT2D eigenvalue weighted by Gasteiger charge is -2.17. The van der Waals surface area contributed by atoms with Crippen LogP contribution in [0.2, 0.25) is 0 Å². The second-order valence-corrected chi connectivity index (χ2v) is 3.46. The van der Waals surface area contributed by atoms with Crippen molar-refractivity contribution in [2.45, 2.75) is 20.8 Å². The molecule has 0 bridgehead atoms. The van der Waals surface area contributed by atoms with Gasteiger partial charge in [-0.15, -0.1) is 0 Å². The van der Waals surface area contributed by atoms with Gasteiger partial charge in [0.25, 0.3) is 0 Å². The molecule has 0 saturated carbocycles. The minimum absolute atomic E-state index is 0.00250. The van der Waals surface area contributed by atoms with Crippen LogP contribution >= 0.6 is 0 Å². The fraction of sp³-hybridized carbons (Fsp3) is 0.714. The lowest BCUT2D eigenvalue weighted by molar-refractivity contribution is -0.0828. The van der Waals surface area contributed by atoms with Gasteiger partial charge in [0, 0.05) is 5.41 Å². The van der Waals surface area contributed by atoms with Gasteiger partial charge in [0.15, 0.2) is 6.73 Å². The second kappa shape index (κ2) is 2.16. The van der Waals surface area contributed by atoms with Crippen molar-refractivity contribution in [2.75, 3.05) is 6.73 Å². The van der Waals surface area contributed by atoms with Crippen LogP contribution in [0.1, 0.15) is 20.8 Å². The zero-order valence-electron chi connectivity index (χ0n) is 6.59. The first-order chi connectivity index (χ1) is 4.50. The lowest BCUT2D eigenvalue weighted by atomic mass is 9.95. The Kier molecular flexibility index (Phi) is 1.60. The molecule has 0 amide bonds. The fourth-order valence-electron chi connectivity index (χ4n) is 0.756. The Labute approximate surface area is 60.9 Å². The monoisotopic (exact) mass is 143 g/mol. The third kappa shape index (κ3) is 1.42. The van der Waals surface area contributed by atoms with Gasteiger partial charge in [0.2, 0.25) is 0 Å². The first kappa shape index (κ1) is 7.41. The Morgan fingerprint density at radius 3 is 2.40 bits per heavy atom. The molecule has 1 N–H and O–H groups in total. The number of hydroxylamine groups is 2. The van der Waals surface area contributed by atoms with Crippen molar-refractivity contribution >= 4 is 0 Å². The Morgan fingerprint density at radius 2 is 2.20 bits per heavy atom. The SMILES string of the molecule is CC(C)(C)C1=CN(O)CO1. The van der Waals surface area contributed by atoms with Crippen molar-refractivity contribution in [3.8, 4) is 0 Å². The van der Waals surface area contributed by atoms with Gasteiger partial charge in [-0.2, -0.15) is 0 Å². The molecule has 0 saturated heterocycles. The molecule has 0 radical (unpaired) electrons. The van der Waals surface area contributed by atoms with Gasteiger partial charge in [0.05, 0.1) is 6.20 Å². The molecule has 1 aliphatic heterocycles. The molecular weight excluding hydrogens is 130 g/mol. The van der Waals surface area contributed by atoms with E-state index < -0.39 is 0 Å². The van der Waals surface area contributed by atoms with E-state index in [1.54, 1.807) is 6.20 Å². The molecule has 0 spiro atoms. The van der Waals surface area contributed by atoms with Crippen molar-refractivity contribution in [1.29, 1.82) is 0 Å². The highest BCUT2D eigenvalue weighted by Gasteiger charge is 2.23. The number of ether oxygens (including phenoxy) is 1. The minimum atomic E-state index is -0.00250. The maximum atomic E-state index is 8.89. The van der Waals surface area contributed by atoms with Crippen molar-refractivity contribution in [3.05, 3.63) is 12.0 Å². The molecule has 0 fully saturated rings. The summed E-state index contributed by atoms with van der Waals surface area (Å²) in [6.07, 6.45) is 1.61. The standard InChI is InChI=1S/C7H13NO2/c1-7(2,3)6-4-8(9)5-10-6/h4,9H,5H2,1-3H3. The summed E-state index contributed by atoms with van der Waals surface area (Å²) in [7, 11) is 0. The van der Waals surface area contributed by atoms with Gasteiger partial charge in [-0.05, 0) is 0 Å². The molecule has 1 aliphatic rings. The zero-order chi connectivity index (χ0) is 7.78. The van der Waals surface area contributed by atoms with Crippen molar-refractivity contribution in [1.82, 2.24) is 5.06 Å². The largest absolute Gasteiger partial charge is 0.473 e. The molecule has 0 unspecified atom stereocenters. The first-order valence-corrected chi connectivity index (χ1v) is 3.31. The fourth-order valence-corrected chi connectivity index (χ4v) is 0.756. The molecular formula is C7H13NO2. The summed E-state index contributed by atoms with van der Waals surface area (Å²) in [6, 6.07) is 0. The van der Waals surface area contributed by atoms with Gasteiger partial charge in [-0.1, -0.05) is 20.8 Å². The number of allylic oxidation sites excluding steroid dienone is 1. The number of rotatable bonds is 0. The van der Waals surface area contributed by atoms with Crippen LogP contribution in [-0.4, -0.2) is 17.0 Å². The molecule has 0 aliphatic carbocycles. The Bertz CT molecular complexity index is 157. The Balaban J connectivity index is 2.67. The van der Waals surface area contributed by atoms with E-state index in [9.17, 15) is 0 Å². The van der Waals surface area contributed by atoms with Crippen molar-refractivity contribution in [2.24, 2.45) is 5.41 Å². The third-order valence-corrected chi connectivity index (χ3v) is 1.36. The van der Waals surface area contributed by atoms with Crippen LogP contribution in [-0.2, 0) is 4.74 Å². The number of nitrogens with zero attached hydrogens (tertiary/aromatic N) is 1. The average molecular weight is 143 g/mol. The maximum Gasteiger partial charge on any atom is 0.183 e. The van der Waals surface area contributed by atoms with Crippen LogP contribution in [0.15, 0.2) is 12.0 Å². The van der Waals surface area contributed by atoms with Gasteiger partial charge in [0.1, 0.15) is 5.76 Å². The van der Waals surface area contributed by atoms with E-state index in [0.717, 1.165) is 10.8 Å². The molecule has 0 aromatic carbocycles. The first-order valence-electron chi connectivity index (χ1n) is 3.31. The summed E-state index contributed by atoms with van der Waals surface area (Å²) in [5.74, 6) is 0.829. The van der Waals surface area contributed by atoms with Crippen LogP contribution in [0.25, 0.3) is 0 Å². The van der Waals surface area contributed by atoms with E-state index >= 15 is 0 Å². The zero-order valence-corrected chi connectivity index (χ0v) is 6.59. The molecule has 1 rings (SSSR count). The molecule has 58 valence electrons. The molecule has 0 aromatic rings. The van der Waals surface area contributed by atoms with Crippen LogP contribution in [0.5, 0.6) is 0 Å². The van der Waals surface area contributed by atoms with Crippen molar-refractivity contribution < 1.29 is 9.94 Å². The summed E-state index contributed by atoms with van der Waals surface area (Å²) in [5.41, 5.74) is -0.00250. The Hall–Kier alpha value is -0.700. The van der Waals surface area contributed by atoms with Crippen LogP contribution in [0.4, 0.5) is 0 Å². The van der Waals surface area contributed by atoms with E-state index in [1.807, 2.05) is 20.8 Å². The van der Waals surface area contributed by atoms with Gasteiger partial charge >= 0.3 is 0 Å². The average Bonchev–Trinajstić information content (AvgIpc) is 2.11. The molecule has 0 atom stereocenters. The van der Waals surface area contributed by atoms with E-state index in [4.69, 9.17) is 9.94 Å². The molecule has 3 nitrogen and oxygen atoms in total. The highest BCUT2D eigenvalue weighted by Crippen LogP contribution is 2.28. The molecule has 10 heavy (non-hydrogen) atoms. The summed E-state index contributed by atoms with van der Waals surface area (Å²) in [4.78, 5) is 0. The van der Waals surface area contributed by atoms with E-state index in [2.05, 4.69) is 0 Å². The smallest absolute Gasteiger partial charge is 0.183 e. The molecule has 1 heterocycles. The molecule has 3 heteroatoms. The minimum Gasteiger partial charge on any atom is -0.473 e. The molecule has 0 aromatic heterocycles. The highest BCUT2D eigenvalue weighted by molar-refractivity contribution is 5.03. The van der Waals surface area contributed by atoms with Crippen LogP contribution in [0, 0.1) is 5.41 Å². The number of hydrogen-bond acceptors (Lipinski definition) is 3. The van der Waals surface area contributed by atoms with E-state index in [0.29, 0.717) is 0 Å². The highest BCUT2D eigenvalue weighted by atomic mass is 16.6. The van der Waals surface area contributed by atoms with Gasteiger partial charge < -0.3 is 4.74 Å².